The number of rotatable bonds is 5. The molecule has 3 aromatic rings. The van der Waals surface area contributed by atoms with Gasteiger partial charge in [0.05, 0.1) is 11.7 Å². The van der Waals surface area contributed by atoms with Crippen LogP contribution in [0.5, 0.6) is 0 Å². The second-order valence-corrected chi connectivity index (χ2v) is 9.45. The monoisotopic (exact) mass is 473 g/mol. The fraction of sp³-hybridized carbons (Fsp3) is 0.370. The zero-order chi connectivity index (χ0) is 24.5. The van der Waals surface area contributed by atoms with E-state index in [-0.39, 0.29) is 17.9 Å². The smallest absolute Gasteiger partial charge is 0.246 e. The molecule has 1 saturated heterocycles. The Kier molecular flexibility index (Phi) is 6.30. The van der Waals surface area contributed by atoms with Crippen molar-refractivity contribution in [3.8, 4) is 0 Å². The number of carbonyl (C=O) groups excluding carboxylic acids is 2. The third-order valence-electron chi connectivity index (χ3n) is 7.04. The maximum Gasteiger partial charge on any atom is 0.246 e. The van der Waals surface area contributed by atoms with Crippen LogP contribution in [0.2, 0.25) is 0 Å². The van der Waals surface area contributed by atoms with E-state index in [0.29, 0.717) is 23.6 Å². The van der Waals surface area contributed by atoms with Crippen molar-refractivity contribution >= 4 is 40.4 Å². The lowest BCUT2D eigenvalue weighted by Gasteiger charge is -2.24. The maximum absolute atomic E-state index is 12.8. The summed E-state index contributed by atoms with van der Waals surface area (Å²) in [6.45, 7) is 4.26. The van der Waals surface area contributed by atoms with Crippen LogP contribution >= 0.6 is 0 Å². The Hall–Kier alpha value is -3.65. The highest BCUT2D eigenvalue weighted by Crippen LogP contribution is 2.30. The number of fused-ring (bicyclic) bond motifs is 2. The van der Waals surface area contributed by atoms with E-state index in [2.05, 4.69) is 15.2 Å². The SMILES string of the molecule is Cc1oc2c(N)cccc2c1CN(C)C(=O)/C=C/c1cnc2c(c1)CCC(N1CCCC1)C(=O)N2. The summed E-state index contributed by atoms with van der Waals surface area (Å²) >= 11 is 0. The van der Waals surface area contributed by atoms with Gasteiger partial charge in [0.15, 0.2) is 5.58 Å². The van der Waals surface area contributed by atoms with Crippen LogP contribution in [0.3, 0.4) is 0 Å². The van der Waals surface area contributed by atoms with Gasteiger partial charge < -0.3 is 20.4 Å². The zero-order valence-electron chi connectivity index (χ0n) is 20.2. The third-order valence-corrected chi connectivity index (χ3v) is 7.04. The van der Waals surface area contributed by atoms with Gasteiger partial charge in [0.25, 0.3) is 0 Å². The number of amides is 2. The summed E-state index contributed by atoms with van der Waals surface area (Å²) in [7, 11) is 1.76. The number of aryl methyl sites for hydroxylation is 2. The molecule has 5 rings (SSSR count). The lowest BCUT2D eigenvalue weighted by Crippen LogP contribution is -2.41. The van der Waals surface area contributed by atoms with Crippen LogP contribution in [0.25, 0.3) is 17.0 Å². The van der Waals surface area contributed by atoms with E-state index in [1.807, 2.05) is 25.1 Å². The number of benzene rings is 1. The molecular weight excluding hydrogens is 442 g/mol. The van der Waals surface area contributed by atoms with Gasteiger partial charge in [-0.05, 0) is 75.0 Å². The molecule has 2 aliphatic heterocycles. The molecule has 2 aliphatic rings. The van der Waals surface area contributed by atoms with Crippen LogP contribution in [-0.2, 0) is 22.6 Å². The van der Waals surface area contributed by atoms with E-state index in [9.17, 15) is 9.59 Å². The van der Waals surface area contributed by atoms with Crippen molar-refractivity contribution in [1.82, 2.24) is 14.8 Å². The average molecular weight is 474 g/mol. The van der Waals surface area contributed by atoms with E-state index in [4.69, 9.17) is 10.2 Å². The van der Waals surface area contributed by atoms with Crippen LogP contribution in [0.4, 0.5) is 11.5 Å². The highest BCUT2D eigenvalue weighted by atomic mass is 16.3. The number of hydrogen-bond acceptors (Lipinski definition) is 6. The van der Waals surface area contributed by atoms with E-state index in [1.54, 1.807) is 36.4 Å². The first kappa shape index (κ1) is 23.1. The molecule has 35 heavy (non-hydrogen) atoms. The number of nitrogens with two attached hydrogens (primary N) is 1. The summed E-state index contributed by atoms with van der Waals surface area (Å²) in [5.41, 5.74) is 10.1. The number of furan rings is 1. The number of para-hydroxylation sites is 1. The van der Waals surface area contributed by atoms with Crippen LogP contribution in [0.1, 0.15) is 41.7 Å². The molecule has 4 heterocycles. The first-order valence-electron chi connectivity index (χ1n) is 12.1. The van der Waals surface area contributed by atoms with Crippen LogP contribution in [0.15, 0.2) is 41.0 Å². The highest BCUT2D eigenvalue weighted by Gasteiger charge is 2.31. The molecule has 1 unspecified atom stereocenters. The minimum absolute atomic E-state index is 0.0297. The summed E-state index contributed by atoms with van der Waals surface area (Å²) in [6, 6.07) is 7.56. The summed E-state index contributed by atoms with van der Waals surface area (Å²) in [4.78, 5) is 34.0. The molecule has 0 saturated carbocycles. The molecule has 2 amide bonds. The van der Waals surface area contributed by atoms with Gasteiger partial charge in [0.2, 0.25) is 11.8 Å². The number of aromatic nitrogens is 1. The number of carbonyl (C=O) groups is 2. The average Bonchev–Trinajstić information content (AvgIpc) is 3.44. The molecule has 1 aromatic carbocycles. The molecule has 1 atom stereocenters. The Bertz CT molecular complexity index is 1310. The molecule has 0 spiro atoms. The Balaban J connectivity index is 1.27. The topological polar surface area (TPSA) is 105 Å². The molecular formula is C27H31N5O3. The van der Waals surface area contributed by atoms with Crippen molar-refractivity contribution in [1.29, 1.82) is 0 Å². The molecule has 0 radical (unpaired) electrons. The summed E-state index contributed by atoms with van der Waals surface area (Å²) < 4.78 is 5.83. The predicted octanol–water partition coefficient (Wildman–Crippen LogP) is 3.74. The van der Waals surface area contributed by atoms with Crippen molar-refractivity contribution in [2.75, 3.05) is 31.2 Å². The zero-order valence-corrected chi connectivity index (χ0v) is 20.2. The standard InChI is InChI=1S/C27H31N5O3/c1-17-21(20-6-5-7-22(28)25(20)35-17)16-31(2)24(33)11-8-18-14-19-9-10-23(32-12-3-4-13-32)27(34)30-26(19)29-15-18/h5-8,11,14-15,23H,3-4,9-10,12-13,16,28H2,1-2H3,(H,29,30,34)/b11-8+. The highest BCUT2D eigenvalue weighted by molar-refractivity contribution is 5.96. The Morgan fingerprint density at radius 3 is 2.94 bits per heavy atom. The molecule has 3 N–H and O–H groups in total. The molecule has 8 nitrogen and oxygen atoms in total. The van der Waals surface area contributed by atoms with Gasteiger partial charge in [-0.3, -0.25) is 14.5 Å². The van der Waals surface area contributed by atoms with Gasteiger partial charge in [0, 0.05) is 36.8 Å². The fourth-order valence-corrected chi connectivity index (χ4v) is 5.07. The van der Waals surface area contributed by atoms with Crippen molar-refractivity contribution in [2.24, 2.45) is 0 Å². The maximum atomic E-state index is 12.8. The molecule has 182 valence electrons. The van der Waals surface area contributed by atoms with Gasteiger partial charge in [-0.25, -0.2) is 4.98 Å². The summed E-state index contributed by atoms with van der Waals surface area (Å²) in [5, 5.41) is 3.93. The molecule has 1 fully saturated rings. The minimum Gasteiger partial charge on any atom is -0.459 e. The fourth-order valence-electron chi connectivity index (χ4n) is 5.07. The lowest BCUT2D eigenvalue weighted by molar-refractivity contribution is -0.125. The Morgan fingerprint density at radius 2 is 2.14 bits per heavy atom. The predicted molar refractivity (Wildman–Crippen MR) is 137 cm³/mol. The van der Waals surface area contributed by atoms with Crippen molar-refractivity contribution < 1.29 is 14.0 Å². The molecule has 8 heteroatoms. The number of hydrogen-bond donors (Lipinski definition) is 2. The second-order valence-electron chi connectivity index (χ2n) is 9.45. The van der Waals surface area contributed by atoms with Crippen molar-refractivity contribution in [2.45, 2.75) is 45.2 Å². The van der Waals surface area contributed by atoms with Crippen molar-refractivity contribution in [3.63, 3.8) is 0 Å². The number of pyridine rings is 1. The van der Waals surface area contributed by atoms with Crippen molar-refractivity contribution in [3.05, 3.63) is 59.0 Å². The van der Waals surface area contributed by atoms with Gasteiger partial charge >= 0.3 is 0 Å². The van der Waals surface area contributed by atoms with E-state index in [1.165, 1.54) is 0 Å². The van der Waals surface area contributed by atoms with E-state index < -0.39 is 0 Å². The van der Waals surface area contributed by atoms with Crippen LogP contribution in [0, 0.1) is 6.92 Å². The summed E-state index contributed by atoms with van der Waals surface area (Å²) in [5.74, 6) is 1.28. The summed E-state index contributed by atoms with van der Waals surface area (Å²) in [6.07, 6.45) is 8.86. The number of likely N-dealkylation sites (N-methyl/N-ethyl adjacent to an activating group) is 1. The Labute approximate surface area is 204 Å². The second kappa shape index (κ2) is 9.54. The van der Waals surface area contributed by atoms with Gasteiger partial charge in [-0.1, -0.05) is 12.1 Å². The number of anilines is 2. The normalized spacial score (nSPS) is 18.6. The van der Waals surface area contributed by atoms with E-state index in [0.717, 1.165) is 66.6 Å². The van der Waals surface area contributed by atoms with Gasteiger partial charge in [-0.2, -0.15) is 0 Å². The lowest BCUT2D eigenvalue weighted by atomic mass is 10.0. The number of likely N-dealkylation sites (tertiary alicyclic amines) is 1. The first-order valence-corrected chi connectivity index (χ1v) is 12.1. The quantitative estimate of drug-likeness (QED) is 0.432. The van der Waals surface area contributed by atoms with Crippen LogP contribution in [-0.4, -0.2) is 52.8 Å². The van der Waals surface area contributed by atoms with E-state index >= 15 is 0 Å². The van der Waals surface area contributed by atoms with Gasteiger partial charge in [0.1, 0.15) is 11.6 Å². The van der Waals surface area contributed by atoms with Gasteiger partial charge in [-0.15, -0.1) is 0 Å². The largest absolute Gasteiger partial charge is 0.459 e. The molecule has 0 bridgehead atoms. The van der Waals surface area contributed by atoms with Crippen LogP contribution < -0.4 is 11.1 Å². The third kappa shape index (κ3) is 4.66. The molecule has 2 aromatic heterocycles. The number of nitrogen functional groups attached to an aromatic ring is 1. The first-order chi connectivity index (χ1) is 16.9. The Morgan fingerprint density at radius 1 is 1.34 bits per heavy atom. The minimum atomic E-state index is -0.125. The number of nitrogens with zero attached hydrogens (tertiary/aromatic N) is 3. The molecule has 0 aliphatic carbocycles. The number of nitrogens with one attached hydrogen (secondary N) is 1.